The van der Waals surface area contributed by atoms with E-state index >= 15 is 0 Å². The lowest BCUT2D eigenvalue weighted by atomic mass is 10.1. The van der Waals surface area contributed by atoms with Crippen molar-refractivity contribution in [1.29, 1.82) is 0 Å². The lowest BCUT2D eigenvalue weighted by molar-refractivity contribution is 0.0680. The van der Waals surface area contributed by atoms with Gasteiger partial charge in [-0.1, -0.05) is 30.3 Å². The monoisotopic (exact) mass is 363 g/mol. The van der Waals surface area contributed by atoms with E-state index in [-0.39, 0.29) is 5.91 Å². The molecular formula is C23H29N3O. The number of anilines is 1. The predicted molar refractivity (Wildman–Crippen MR) is 110 cm³/mol. The number of carbonyl (C=O) groups is 1. The summed E-state index contributed by atoms with van der Waals surface area (Å²) < 4.78 is 0. The van der Waals surface area contributed by atoms with Crippen LogP contribution in [0.15, 0.2) is 54.6 Å². The van der Waals surface area contributed by atoms with Gasteiger partial charge in [-0.15, -0.1) is 0 Å². The molecule has 0 saturated carbocycles. The molecule has 1 amide bonds. The van der Waals surface area contributed by atoms with Crippen LogP contribution in [-0.4, -0.2) is 42.5 Å². The van der Waals surface area contributed by atoms with Gasteiger partial charge in [0.25, 0.3) is 5.91 Å². The summed E-state index contributed by atoms with van der Waals surface area (Å²) in [5, 5.41) is 3.47. The van der Waals surface area contributed by atoms with Crippen LogP contribution in [0.4, 0.5) is 5.69 Å². The van der Waals surface area contributed by atoms with Crippen molar-refractivity contribution in [2.75, 3.05) is 24.5 Å². The predicted octanol–water partition coefficient (Wildman–Crippen LogP) is 3.68. The number of benzene rings is 2. The average molecular weight is 364 g/mol. The van der Waals surface area contributed by atoms with Crippen molar-refractivity contribution in [2.45, 2.75) is 44.8 Å². The average Bonchev–Trinajstić information content (AvgIpc) is 2.99. The molecule has 2 saturated heterocycles. The third-order valence-electron chi connectivity index (χ3n) is 5.97. The minimum atomic E-state index is 0.198. The van der Waals surface area contributed by atoms with E-state index in [1.54, 1.807) is 0 Å². The Labute approximate surface area is 162 Å². The van der Waals surface area contributed by atoms with Gasteiger partial charge in [-0.3, -0.25) is 4.79 Å². The van der Waals surface area contributed by atoms with Crippen LogP contribution < -0.4 is 10.2 Å². The van der Waals surface area contributed by atoms with E-state index in [0.717, 1.165) is 51.0 Å². The third kappa shape index (κ3) is 3.86. The lowest BCUT2D eigenvalue weighted by Crippen LogP contribution is -2.42. The molecule has 0 aromatic heterocycles. The second-order valence-corrected chi connectivity index (χ2v) is 7.64. The number of hydrogen-bond donors (Lipinski definition) is 1. The van der Waals surface area contributed by atoms with Gasteiger partial charge in [0.15, 0.2) is 0 Å². The van der Waals surface area contributed by atoms with E-state index in [1.165, 1.54) is 11.3 Å². The van der Waals surface area contributed by atoms with Gasteiger partial charge in [0.2, 0.25) is 0 Å². The highest BCUT2D eigenvalue weighted by Crippen LogP contribution is 2.30. The van der Waals surface area contributed by atoms with Gasteiger partial charge in [-0.05, 0) is 62.6 Å². The molecule has 0 aliphatic carbocycles. The molecule has 2 aromatic carbocycles. The minimum Gasteiger partial charge on any atom is -0.367 e. The normalized spacial score (nSPS) is 21.7. The first-order valence-corrected chi connectivity index (χ1v) is 10.2. The zero-order chi connectivity index (χ0) is 18.6. The Balaban J connectivity index is 1.48. The van der Waals surface area contributed by atoms with Gasteiger partial charge >= 0.3 is 0 Å². The van der Waals surface area contributed by atoms with Crippen LogP contribution in [0.5, 0.6) is 0 Å². The van der Waals surface area contributed by atoms with Crippen molar-refractivity contribution >= 4 is 11.6 Å². The fourth-order valence-electron chi connectivity index (χ4n) is 4.47. The molecule has 2 bridgehead atoms. The van der Waals surface area contributed by atoms with E-state index in [9.17, 15) is 4.79 Å². The van der Waals surface area contributed by atoms with Crippen molar-refractivity contribution < 1.29 is 4.79 Å². The number of carbonyl (C=O) groups excluding carboxylic acids is 1. The van der Waals surface area contributed by atoms with E-state index in [4.69, 9.17) is 0 Å². The summed E-state index contributed by atoms with van der Waals surface area (Å²) in [7, 11) is 0. The maximum Gasteiger partial charge on any atom is 0.254 e. The highest BCUT2D eigenvalue weighted by atomic mass is 16.2. The molecule has 2 heterocycles. The van der Waals surface area contributed by atoms with Crippen molar-refractivity contribution in [1.82, 2.24) is 10.2 Å². The van der Waals surface area contributed by atoms with E-state index in [1.807, 2.05) is 18.2 Å². The topological polar surface area (TPSA) is 35.6 Å². The number of nitrogens with zero attached hydrogens (tertiary/aromatic N) is 2. The summed E-state index contributed by atoms with van der Waals surface area (Å²) in [5.41, 5.74) is 3.28. The number of fused-ring (bicyclic) bond motifs is 2. The number of rotatable bonds is 5. The Morgan fingerprint density at radius 1 is 1.04 bits per heavy atom. The molecule has 2 unspecified atom stereocenters. The molecule has 2 aromatic rings. The van der Waals surface area contributed by atoms with Crippen LogP contribution in [0.2, 0.25) is 0 Å². The first kappa shape index (κ1) is 18.1. The van der Waals surface area contributed by atoms with Gasteiger partial charge in [-0.2, -0.15) is 0 Å². The van der Waals surface area contributed by atoms with Gasteiger partial charge < -0.3 is 15.1 Å². The van der Waals surface area contributed by atoms with Crippen LogP contribution in [0.3, 0.4) is 0 Å². The number of nitrogens with one attached hydrogen (secondary N) is 1. The summed E-state index contributed by atoms with van der Waals surface area (Å²) in [5.74, 6) is 0.198. The Hall–Kier alpha value is -2.33. The van der Waals surface area contributed by atoms with Gasteiger partial charge in [-0.25, -0.2) is 0 Å². The zero-order valence-electron chi connectivity index (χ0n) is 16.1. The van der Waals surface area contributed by atoms with Crippen LogP contribution >= 0.6 is 0 Å². The first-order chi connectivity index (χ1) is 13.3. The highest BCUT2D eigenvalue weighted by Gasteiger charge is 2.38. The smallest absolute Gasteiger partial charge is 0.254 e. The lowest BCUT2D eigenvalue weighted by Gasteiger charge is -2.28. The van der Waals surface area contributed by atoms with Crippen molar-refractivity contribution in [3.8, 4) is 0 Å². The number of hydrogen-bond acceptors (Lipinski definition) is 3. The van der Waals surface area contributed by atoms with Gasteiger partial charge in [0.05, 0.1) is 0 Å². The quantitative estimate of drug-likeness (QED) is 0.880. The summed E-state index contributed by atoms with van der Waals surface area (Å²) in [6.07, 6.45) is 3.35. The maximum atomic E-state index is 13.1. The molecule has 2 aliphatic heterocycles. The Morgan fingerprint density at radius 3 is 2.52 bits per heavy atom. The molecule has 2 fully saturated rings. The number of amides is 1. The largest absolute Gasteiger partial charge is 0.367 e. The highest BCUT2D eigenvalue weighted by molar-refractivity contribution is 5.95. The summed E-state index contributed by atoms with van der Waals surface area (Å²) in [6.45, 7) is 5.94. The molecule has 0 radical (unpaired) electrons. The molecule has 27 heavy (non-hydrogen) atoms. The SMILES string of the molecule is CCN(Cc1ccccc1)c1ccc(C(=O)N2C3CCNCC2CC3)cc1. The van der Waals surface area contributed by atoms with E-state index < -0.39 is 0 Å². The van der Waals surface area contributed by atoms with Gasteiger partial charge in [0.1, 0.15) is 0 Å². The van der Waals surface area contributed by atoms with Crippen molar-refractivity contribution in [2.24, 2.45) is 0 Å². The van der Waals surface area contributed by atoms with Crippen LogP contribution in [0.1, 0.15) is 42.1 Å². The second kappa shape index (κ2) is 8.13. The van der Waals surface area contributed by atoms with Crippen LogP contribution in [0, 0.1) is 0 Å². The summed E-state index contributed by atoms with van der Waals surface area (Å²) in [6, 6.07) is 19.5. The fourth-order valence-corrected chi connectivity index (χ4v) is 4.47. The Kier molecular flexibility index (Phi) is 5.44. The molecule has 2 aliphatic rings. The Bertz CT molecular complexity index is 745. The van der Waals surface area contributed by atoms with Crippen LogP contribution in [0.25, 0.3) is 0 Å². The zero-order valence-corrected chi connectivity index (χ0v) is 16.1. The molecule has 0 spiro atoms. The first-order valence-electron chi connectivity index (χ1n) is 10.2. The minimum absolute atomic E-state index is 0.198. The standard InChI is InChI=1S/C23H29N3O/c1-2-25(17-18-6-4-3-5-7-18)20-10-8-19(9-11-20)23(27)26-21-12-13-22(26)16-24-15-14-21/h3-11,21-22,24H,2,12-17H2,1H3. The second-order valence-electron chi connectivity index (χ2n) is 7.64. The molecule has 4 heteroatoms. The maximum absolute atomic E-state index is 13.1. The molecule has 4 rings (SSSR count). The van der Waals surface area contributed by atoms with Crippen molar-refractivity contribution in [3.63, 3.8) is 0 Å². The molecule has 2 atom stereocenters. The van der Waals surface area contributed by atoms with Crippen LogP contribution in [-0.2, 0) is 6.54 Å². The fraction of sp³-hybridized carbons (Fsp3) is 0.435. The molecule has 4 nitrogen and oxygen atoms in total. The molecular weight excluding hydrogens is 334 g/mol. The Morgan fingerprint density at radius 2 is 1.78 bits per heavy atom. The molecule has 142 valence electrons. The van der Waals surface area contributed by atoms with Crippen molar-refractivity contribution in [3.05, 3.63) is 65.7 Å². The third-order valence-corrected chi connectivity index (χ3v) is 5.97. The van der Waals surface area contributed by atoms with Gasteiger partial charge in [0, 0.05) is 43.0 Å². The summed E-state index contributed by atoms with van der Waals surface area (Å²) in [4.78, 5) is 17.6. The van der Waals surface area contributed by atoms with E-state index in [2.05, 4.69) is 58.4 Å². The van der Waals surface area contributed by atoms with E-state index in [0.29, 0.717) is 12.1 Å². The summed E-state index contributed by atoms with van der Waals surface area (Å²) >= 11 is 0. The molecule has 1 N–H and O–H groups in total.